The van der Waals surface area contributed by atoms with Gasteiger partial charge in [0.25, 0.3) is 0 Å². The molecule has 1 N–H and O–H groups in total. The molecule has 0 aromatic heterocycles. The van der Waals surface area contributed by atoms with Gasteiger partial charge in [0.15, 0.2) is 0 Å². The van der Waals surface area contributed by atoms with Gasteiger partial charge in [-0.05, 0) is 50.9 Å². The van der Waals surface area contributed by atoms with E-state index in [9.17, 15) is 5.11 Å². The van der Waals surface area contributed by atoms with E-state index in [-0.39, 0.29) is 6.10 Å². The third-order valence-electron chi connectivity index (χ3n) is 4.61. The summed E-state index contributed by atoms with van der Waals surface area (Å²) in [6.07, 6.45) is 11.7. The first-order valence-corrected chi connectivity index (χ1v) is 7.59. The van der Waals surface area contributed by atoms with E-state index < -0.39 is 0 Å². The summed E-state index contributed by atoms with van der Waals surface area (Å²) in [7, 11) is 0. The SMILES string of the molecule is CCOC1CC(CC(O)C2CCCCCC2)C1. The first kappa shape index (κ1) is 13.4. The average Bonchev–Trinajstić information content (AvgIpc) is 2.54. The predicted octanol–water partition coefficient (Wildman–Crippen LogP) is 3.52. The van der Waals surface area contributed by atoms with Gasteiger partial charge in [-0.15, -0.1) is 0 Å². The minimum atomic E-state index is -0.0410. The van der Waals surface area contributed by atoms with Crippen LogP contribution in [0.25, 0.3) is 0 Å². The van der Waals surface area contributed by atoms with Crippen molar-refractivity contribution in [1.29, 1.82) is 0 Å². The van der Waals surface area contributed by atoms with Crippen molar-refractivity contribution in [3.8, 4) is 0 Å². The van der Waals surface area contributed by atoms with Gasteiger partial charge in [-0.2, -0.15) is 0 Å². The van der Waals surface area contributed by atoms with Crippen LogP contribution in [-0.4, -0.2) is 23.9 Å². The van der Waals surface area contributed by atoms with Gasteiger partial charge in [0.05, 0.1) is 12.2 Å². The van der Waals surface area contributed by atoms with Crippen molar-refractivity contribution >= 4 is 0 Å². The fraction of sp³-hybridized carbons (Fsp3) is 1.00. The molecule has 1 unspecified atom stereocenters. The van der Waals surface area contributed by atoms with E-state index >= 15 is 0 Å². The van der Waals surface area contributed by atoms with Gasteiger partial charge in [0, 0.05) is 6.61 Å². The lowest BCUT2D eigenvalue weighted by Gasteiger charge is -2.37. The Balaban J connectivity index is 1.65. The van der Waals surface area contributed by atoms with E-state index in [2.05, 4.69) is 6.92 Å². The van der Waals surface area contributed by atoms with Crippen molar-refractivity contribution in [1.82, 2.24) is 0 Å². The molecular weight excluding hydrogens is 212 g/mol. The average molecular weight is 240 g/mol. The Bertz CT molecular complexity index is 203. The molecule has 2 rings (SSSR count). The molecule has 0 aliphatic heterocycles. The van der Waals surface area contributed by atoms with E-state index in [1.165, 1.54) is 51.4 Å². The van der Waals surface area contributed by atoms with Gasteiger partial charge in [-0.25, -0.2) is 0 Å². The van der Waals surface area contributed by atoms with Crippen molar-refractivity contribution in [3.63, 3.8) is 0 Å². The molecule has 0 bridgehead atoms. The number of aliphatic hydroxyl groups is 1. The summed E-state index contributed by atoms with van der Waals surface area (Å²) in [6, 6.07) is 0. The van der Waals surface area contributed by atoms with Crippen molar-refractivity contribution < 1.29 is 9.84 Å². The number of hydrogen-bond donors (Lipinski definition) is 1. The van der Waals surface area contributed by atoms with Crippen molar-refractivity contribution in [3.05, 3.63) is 0 Å². The lowest BCUT2D eigenvalue weighted by molar-refractivity contribution is -0.0444. The normalized spacial score (nSPS) is 32.8. The largest absolute Gasteiger partial charge is 0.393 e. The Labute approximate surface area is 106 Å². The minimum absolute atomic E-state index is 0.0410. The van der Waals surface area contributed by atoms with Crippen molar-refractivity contribution in [2.45, 2.75) is 76.9 Å². The summed E-state index contributed by atoms with van der Waals surface area (Å²) in [5.74, 6) is 1.31. The van der Waals surface area contributed by atoms with Gasteiger partial charge < -0.3 is 9.84 Å². The van der Waals surface area contributed by atoms with Crippen LogP contribution in [0.1, 0.15) is 64.7 Å². The fourth-order valence-corrected chi connectivity index (χ4v) is 3.47. The molecule has 2 aliphatic carbocycles. The zero-order chi connectivity index (χ0) is 12.1. The summed E-state index contributed by atoms with van der Waals surface area (Å²) in [5.41, 5.74) is 0. The molecular formula is C15H28O2. The van der Waals surface area contributed by atoms with Crippen LogP contribution in [0.4, 0.5) is 0 Å². The summed E-state index contributed by atoms with van der Waals surface area (Å²) >= 11 is 0. The molecule has 1 atom stereocenters. The Morgan fingerprint density at radius 1 is 1.12 bits per heavy atom. The number of rotatable bonds is 5. The molecule has 0 radical (unpaired) electrons. The lowest BCUT2D eigenvalue weighted by Crippen LogP contribution is -2.35. The summed E-state index contributed by atoms with van der Waals surface area (Å²) in [4.78, 5) is 0. The smallest absolute Gasteiger partial charge is 0.0580 e. The van der Waals surface area contributed by atoms with Crippen LogP contribution in [0.2, 0.25) is 0 Å². The molecule has 0 spiro atoms. The van der Waals surface area contributed by atoms with Crippen LogP contribution in [0.3, 0.4) is 0 Å². The number of hydrogen-bond acceptors (Lipinski definition) is 2. The Morgan fingerprint density at radius 3 is 2.35 bits per heavy atom. The topological polar surface area (TPSA) is 29.5 Å². The highest BCUT2D eigenvalue weighted by atomic mass is 16.5. The van der Waals surface area contributed by atoms with Crippen LogP contribution in [0, 0.1) is 11.8 Å². The predicted molar refractivity (Wildman–Crippen MR) is 70.0 cm³/mol. The van der Waals surface area contributed by atoms with E-state index in [1.54, 1.807) is 0 Å². The molecule has 0 aromatic rings. The Kier molecular flexibility index (Phi) is 5.30. The first-order valence-electron chi connectivity index (χ1n) is 7.59. The zero-order valence-electron chi connectivity index (χ0n) is 11.2. The molecule has 2 fully saturated rings. The Hall–Kier alpha value is -0.0800. The molecule has 2 aliphatic rings. The second-order valence-electron chi connectivity index (χ2n) is 5.97. The zero-order valence-corrected chi connectivity index (χ0v) is 11.2. The monoisotopic (exact) mass is 240 g/mol. The van der Waals surface area contributed by atoms with E-state index in [1.807, 2.05) is 0 Å². The second kappa shape index (κ2) is 6.75. The van der Waals surface area contributed by atoms with Crippen molar-refractivity contribution in [2.75, 3.05) is 6.61 Å². The molecule has 0 saturated heterocycles. The van der Waals surface area contributed by atoms with Gasteiger partial charge in [-0.1, -0.05) is 25.7 Å². The molecule has 2 heteroatoms. The molecule has 0 amide bonds. The van der Waals surface area contributed by atoms with Crippen LogP contribution >= 0.6 is 0 Å². The summed E-state index contributed by atoms with van der Waals surface area (Å²) < 4.78 is 5.57. The maximum absolute atomic E-state index is 10.3. The maximum atomic E-state index is 10.3. The maximum Gasteiger partial charge on any atom is 0.0580 e. The van der Waals surface area contributed by atoms with Crippen LogP contribution in [0.15, 0.2) is 0 Å². The third-order valence-corrected chi connectivity index (χ3v) is 4.61. The van der Waals surface area contributed by atoms with Gasteiger partial charge >= 0.3 is 0 Å². The summed E-state index contributed by atoms with van der Waals surface area (Å²) in [5, 5.41) is 10.3. The molecule has 100 valence electrons. The van der Waals surface area contributed by atoms with Crippen LogP contribution in [0.5, 0.6) is 0 Å². The van der Waals surface area contributed by atoms with Crippen LogP contribution < -0.4 is 0 Å². The molecule has 17 heavy (non-hydrogen) atoms. The Morgan fingerprint density at radius 2 is 1.76 bits per heavy atom. The van der Waals surface area contributed by atoms with Gasteiger partial charge in [-0.3, -0.25) is 0 Å². The highest BCUT2D eigenvalue weighted by Gasteiger charge is 2.33. The van der Waals surface area contributed by atoms with Gasteiger partial charge in [0.2, 0.25) is 0 Å². The molecule has 2 nitrogen and oxygen atoms in total. The first-order chi connectivity index (χ1) is 8.29. The molecule has 0 aromatic carbocycles. The van der Waals surface area contributed by atoms with E-state index in [0.29, 0.717) is 12.0 Å². The van der Waals surface area contributed by atoms with Crippen molar-refractivity contribution in [2.24, 2.45) is 11.8 Å². The van der Waals surface area contributed by atoms with E-state index in [4.69, 9.17) is 4.74 Å². The standard InChI is InChI=1S/C15H28O2/c1-2-17-14-9-12(10-14)11-15(16)13-7-5-3-4-6-8-13/h12-16H,2-11H2,1H3. The van der Waals surface area contributed by atoms with Crippen LogP contribution in [-0.2, 0) is 4.74 Å². The van der Waals surface area contributed by atoms with Gasteiger partial charge in [0.1, 0.15) is 0 Å². The van der Waals surface area contributed by atoms with E-state index in [0.717, 1.165) is 18.9 Å². The minimum Gasteiger partial charge on any atom is -0.393 e. The summed E-state index contributed by atoms with van der Waals surface area (Å²) in [6.45, 7) is 2.90. The lowest BCUT2D eigenvalue weighted by atomic mass is 9.76. The molecule has 2 saturated carbocycles. The number of ether oxygens (including phenoxy) is 1. The second-order valence-corrected chi connectivity index (χ2v) is 5.97. The number of aliphatic hydroxyl groups excluding tert-OH is 1. The third kappa shape index (κ3) is 3.96. The highest BCUT2D eigenvalue weighted by Crippen LogP contribution is 2.36. The quantitative estimate of drug-likeness (QED) is 0.745. The fourth-order valence-electron chi connectivity index (χ4n) is 3.47. The molecule has 0 heterocycles. The highest BCUT2D eigenvalue weighted by molar-refractivity contribution is 4.84.